The number of amides is 1. The number of carbonyl (C=O) groups is 1. The van der Waals surface area contributed by atoms with E-state index in [9.17, 15) is 9.90 Å². The van der Waals surface area contributed by atoms with E-state index < -0.39 is 5.60 Å². The Bertz CT molecular complexity index is 282. The number of nitrogens with zero attached hydrogens (tertiary/aromatic N) is 1. The molecule has 1 saturated heterocycles. The van der Waals surface area contributed by atoms with E-state index in [0.29, 0.717) is 19.5 Å². The molecule has 5 nitrogen and oxygen atoms in total. The molecule has 0 aromatic heterocycles. The number of ether oxygens (including phenoxy) is 1. The zero-order valence-corrected chi connectivity index (χ0v) is 12.3. The highest BCUT2D eigenvalue weighted by Crippen LogP contribution is 2.16. The Kier molecular flexibility index (Phi) is 6.07. The van der Waals surface area contributed by atoms with Crippen LogP contribution in [0.3, 0.4) is 0 Å². The number of aliphatic hydroxyl groups is 2. The molecule has 0 unspecified atom stereocenters. The summed E-state index contributed by atoms with van der Waals surface area (Å²) in [7, 11) is 0. The Morgan fingerprint density at radius 2 is 1.68 bits per heavy atom. The lowest BCUT2D eigenvalue weighted by atomic mass is 10.2. The van der Waals surface area contributed by atoms with E-state index in [1.54, 1.807) is 0 Å². The van der Waals surface area contributed by atoms with Crippen LogP contribution in [0.2, 0.25) is 0 Å². The van der Waals surface area contributed by atoms with Gasteiger partial charge in [-0.2, -0.15) is 0 Å². The Morgan fingerprint density at radius 1 is 1.11 bits per heavy atom. The maximum absolute atomic E-state index is 11.4. The van der Waals surface area contributed by atoms with Crippen molar-refractivity contribution in [3.8, 4) is 0 Å². The summed E-state index contributed by atoms with van der Waals surface area (Å²) in [6.07, 6.45) is 4.54. The number of β-amino-alcohol motifs (C(OH)–C–C–N with tert-alkyl or cyclic N) is 1. The first-order valence-corrected chi connectivity index (χ1v) is 7.12. The number of hydrogen-bond donors (Lipinski definition) is 2. The lowest BCUT2D eigenvalue weighted by Gasteiger charge is -2.24. The van der Waals surface area contributed by atoms with E-state index in [0.717, 1.165) is 12.8 Å². The second-order valence-corrected chi connectivity index (χ2v) is 6.31. The van der Waals surface area contributed by atoms with Crippen molar-refractivity contribution >= 4 is 6.09 Å². The first kappa shape index (κ1) is 16.2. The van der Waals surface area contributed by atoms with Crippen molar-refractivity contribution in [2.75, 3.05) is 13.1 Å². The highest BCUT2D eigenvalue weighted by molar-refractivity contribution is 5.68. The molecular weight excluding hydrogens is 246 g/mol. The van der Waals surface area contributed by atoms with E-state index in [1.807, 2.05) is 20.8 Å². The van der Waals surface area contributed by atoms with Crippen LogP contribution in [0, 0.1) is 0 Å². The summed E-state index contributed by atoms with van der Waals surface area (Å²) in [6, 6.07) is 0. The van der Waals surface area contributed by atoms with Crippen molar-refractivity contribution in [2.45, 2.75) is 70.7 Å². The minimum absolute atomic E-state index is 0.0463. The van der Waals surface area contributed by atoms with Crippen LogP contribution in [0.1, 0.15) is 52.9 Å². The summed E-state index contributed by atoms with van der Waals surface area (Å²) < 4.78 is 5.15. The molecule has 1 atom stereocenters. The van der Waals surface area contributed by atoms with E-state index in [1.165, 1.54) is 17.7 Å². The van der Waals surface area contributed by atoms with Crippen LogP contribution in [-0.4, -0.2) is 52.1 Å². The van der Waals surface area contributed by atoms with E-state index in [-0.39, 0.29) is 18.3 Å². The molecule has 2 aliphatic rings. The van der Waals surface area contributed by atoms with E-state index >= 15 is 0 Å². The van der Waals surface area contributed by atoms with Gasteiger partial charge in [0, 0.05) is 13.1 Å². The largest absolute Gasteiger partial charge is 0.444 e. The van der Waals surface area contributed by atoms with Gasteiger partial charge in [-0.05, 0) is 40.0 Å². The number of carbonyl (C=O) groups excluding carboxylic acids is 1. The average molecular weight is 273 g/mol. The predicted octanol–water partition coefficient (Wildman–Crippen LogP) is 1.91. The van der Waals surface area contributed by atoms with Gasteiger partial charge in [0.25, 0.3) is 0 Å². The lowest BCUT2D eigenvalue weighted by molar-refractivity contribution is 0.0270. The average Bonchev–Trinajstić information content (AvgIpc) is 2.88. The topological polar surface area (TPSA) is 70.0 Å². The zero-order valence-electron chi connectivity index (χ0n) is 12.3. The lowest BCUT2D eigenvalue weighted by Crippen LogP contribution is -2.35. The molecule has 19 heavy (non-hydrogen) atoms. The molecule has 2 fully saturated rings. The van der Waals surface area contributed by atoms with Crippen molar-refractivity contribution in [1.29, 1.82) is 0 Å². The van der Waals surface area contributed by atoms with Crippen LogP contribution in [0.4, 0.5) is 4.79 Å². The Hall–Kier alpha value is -0.810. The predicted molar refractivity (Wildman–Crippen MR) is 72.9 cm³/mol. The van der Waals surface area contributed by atoms with Crippen LogP contribution in [0.15, 0.2) is 0 Å². The Morgan fingerprint density at radius 3 is 2.00 bits per heavy atom. The molecule has 1 aliphatic carbocycles. The molecule has 0 aromatic carbocycles. The normalized spacial score (nSPS) is 24.1. The highest BCUT2D eigenvalue weighted by atomic mass is 16.6. The fourth-order valence-corrected chi connectivity index (χ4v) is 2.14. The van der Waals surface area contributed by atoms with Crippen molar-refractivity contribution in [2.24, 2.45) is 0 Å². The first-order valence-electron chi connectivity index (χ1n) is 7.12. The monoisotopic (exact) mass is 273 g/mol. The molecule has 2 N–H and O–H groups in total. The molecule has 1 heterocycles. The van der Waals surface area contributed by atoms with Gasteiger partial charge in [0.2, 0.25) is 0 Å². The fourth-order valence-electron chi connectivity index (χ4n) is 2.14. The molecule has 0 bridgehead atoms. The molecule has 0 radical (unpaired) electrons. The summed E-state index contributed by atoms with van der Waals surface area (Å²) in [5.74, 6) is 0. The molecule has 1 amide bonds. The van der Waals surface area contributed by atoms with Gasteiger partial charge in [-0.1, -0.05) is 12.8 Å². The summed E-state index contributed by atoms with van der Waals surface area (Å²) in [5, 5.41) is 17.9. The zero-order chi connectivity index (χ0) is 14.5. The third-order valence-electron chi connectivity index (χ3n) is 3.14. The standard InChI is InChI=1S/C9H17NO3.C5H10O/c1-9(2,3)13-8(12)10-5-4-7(11)6-10;6-5-3-1-2-4-5/h7,11H,4-6H2,1-3H3;5-6H,1-4H2/t7-;/m0./s1. The van der Waals surface area contributed by atoms with Crippen LogP contribution in [0.5, 0.6) is 0 Å². The summed E-state index contributed by atoms with van der Waals surface area (Å²) in [5.41, 5.74) is -0.454. The highest BCUT2D eigenvalue weighted by Gasteiger charge is 2.28. The van der Waals surface area contributed by atoms with Crippen LogP contribution < -0.4 is 0 Å². The van der Waals surface area contributed by atoms with Gasteiger partial charge in [-0.15, -0.1) is 0 Å². The number of hydrogen-bond acceptors (Lipinski definition) is 4. The SMILES string of the molecule is CC(C)(C)OC(=O)N1CC[C@H](O)C1.OC1CCCC1. The minimum atomic E-state index is -0.454. The molecule has 0 spiro atoms. The maximum atomic E-state index is 11.4. The van der Waals surface area contributed by atoms with Crippen molar-refractivity contribution in [3.05, 3.63) is 0 Å². The molecule has 1 aliphatic heterocycles. The Labute approximate surface area is 115 Å². The number of rotatable bonds is 0. The summed E-state index contributed by atoms with van der Waals surface area (Å²) in [4.78, 5) is 12.9. The first-order chi connectivity index (χ1) is 8.78. The smallest absolute Gasteiger partial charge is 0.410 e. The third kappa shape index (κ3) is 6.78. The molecular formula is C14H27NO4. The maximum Gasteiger partial charge on any atom is 0.410 e. The molecule has 2 rings (SSSR count). The molecule has 5 heteroatoms. The van der Waals surface area contributed by atoms with Gasteiger partial charge in [-0.25, -0.2) is 4.79 Å². The van der Waals surface area contributed by atoms with Gasteiger partial charge < -0.3 is 19.8 Å². The van der Waals surface area contributed by atoms with Crippen molar-refractivity contribution in [1.82, 2.24) is 4.90 Å². The van der Waals surface area contributed by atoms with Gasteiger partial charge >= 0.3 is 6.09 Å². The third-order valence-corrected chi connectivity index (χ3v) is 3.14. The van der Waals surface area contributed by atoms with E-state index in [2.05, 4.69) is 0 Å². The minimum Gasteiger partial charge on any atom is -0.444 e. The van der Waals surface area contributed by atoms with Gasteiger partial charge in [0.15, 0.2) is 0 Å². The second-order valence-electron chi connectivity index (χ2n) is 6.31. The van der Waals surface area contributed by atoms with Crippen molar-refractivity contribution in [3.63, 3.8) is 0 Å². The fraction of sp³-hybridized carbons (Fsp3) is 0.929. The summed E-state index contributed by atoms with van der Waals surface area (Å²) in [6.45, 7) is 6.48. The molecule has 112 valence electrons. The quantitative estimate of drug-likeness (QED) is 0.707. The summed E-state index contributed by atoms with van der Waals surface area (Å²) >= 11 is 0. The van der Waals surface area contributed by atoms with Gasteiger partial charge in [0.1, 0.15) is 5.60 Å². The van der Waals surface area contributed by atoms with Gasteiger partial charge in [0.05, 0.1) is 12.2 Å². The molecule has 0 aromatic rings. The van der Waals surface area contributed by atoms with Crippen molar-refractivity contribution < 1.29 is 19.7 Å². The Balaban J connectivity index is 0.000000250. The van der Waals surface area contributed by atoms with Crippen LogP contribution in [-0.2, 0) is 4.74 Å². The number of likely N-dealkylation sites (tertiary alicyclic amines) is 1. The van der Waals surface area contributed by atoms with Crippen LogP contribution in [0.25, 0.3) is 0 Å². The van der Waals surface area contributed by atoms with Gasteiger partial charge in [-0.3, -0.25) is 0 Å². The van der Waals surface area contributed by atoms with E-state index in [4.69, 9.17) is 9.84 Å². The second kappa shape index (κ2) is 7.10. The molecule has 1 saturated carbocycles. The van der Waals surface area contributed by atoms with Crippen LogP contribution >= 0.6 is 0 Å². The number of aliphatic hydroxyl groups excluding tert-OH is 2.